The van der Waals surface area contributed by atoms with Crippen molar-refractivity contribution in [3.63, 3.8) is 0 Å². The molecule has 0 aliphatic heterocycles. The van der Waals surface area contributed by atoms with Gasteiger partial charge in [-0.1, -0.05) is 11.6 Å². The van der Waals surface area contributed by atoms with Crippen LogP contribution in [-0.2, 0) is 6.42 Å². The van der Waals surface area contributed by atoms with Gasteiger partial charge in [0.2, 0.25) is 0 Å². The second-order valence-electron chi connectivity index (χ2n) is 4.62. The molecule has 18 heavy (non-hydrogen) atoms. The van der Waals surface area contributed by atoms with E-state index in [1.54, 1.807) is 11.3 Å². The quantitative estimate of drug-likeness (QED) is 0.677. The molecule has 1 atom stereocenters. The molecule has 1 N–H and O–H groups in total. The van der Waals surface area contributed by atoms with E-state index in [-0.39, 0.29) is 0 Å². The van der Waals surface area contributed by atoms with Gasteiger partial charge in [-0.3, -0.25) is 0 Å². The number of aryl methyl sites for hydroxylation is 2. The van der Waals surface area contributed by atoms with E-state index in [0.29, 0.717) is 6.04 Å². The van der Waals surface area contributed by atoms with Crippen molar-refractivity contribution in [2.75, 3.05) is 5.32 Å². The molecule has 1 aliphatic rings. The van der Waals surface area contributed by atoms with E-state index in [1.807, 2.05) is 0 Å². The standard InChI is InChI=1S/C14H13ClINS/c1-8-6-9(16)2-3-11(8)17-12-4-5-13-10(12)7-14(15)18-13/h2-3,6-7,12,17H,4-5H2,1H3. The Morgan fingerprint density at radius 1 is 1.39 bits per heavy atom. The Bertz CT molecular complexity index is 593. The number of benzene rings is 1. The van der Waals surface area contributed by atoms with Crippen molar-refractivity contribution < 1.29 is 0 Å². The highest BCUT2D eigenvalue weighted by Gasteiger charge is 2.25. The minimum Gasteiger partial charge on any atom is -0.378 e. The number of rotatable bonds is 2. The van der Waals surface area contributed by atoms with Crippen molar-refractivity contribution in [3.8, 4) is 0 Å². The first-order valence-electron chi connectivity index (χ1n) is 5.94. The zero-order valence-electron chi connectivity index (χ0n) is 9.97. The first-order valence-corrected chi connectivity index (χ1v) is 8.21. The third kappa shape index (κ3) is 2.40. The number of anilines is 1. The summed E-state index contributed by atoms with van der Waals surface area (Å²) < 4.78 is 2.19. The van der Waals surface area contributed by atoms with E-state index in [1.165, 1.54) is 31.7 Å². The van der Waals surface area contributed by atoms with Crippen molar-refractivity contribution in [2.24, 2.45) is 0 Å². The molecule has 0 amide bonds. The van der Waals surface area contributed by atoms with E-state index in [4.69, 9.17) is 11.6 Å². The summed E-state index contributed by atoms with van der Waals surface area (Å²) >= 11 is 10.2. The summed E-state index contributed by atoms with van der Waals surface area (Å²) in [5, 5.41) is 3.65. The molecule has 0 radical (unpaired) electrons. The lowest BCUT2D eigenvalue weighted by atomic mass is 10.1. The fourth-order valence-electron chi connectivity index (χ4n) is 2.46. The smallest absolute Gasteiger partial charge is 0.0934 e. The average Bonchev–Trinajstić information content (AvgIpc) is 2.83. The van der Waals surface area contributed by atoms with Gasteiger partial charge >= 0.3 is 0 Å². The highest BCUT2D eigenvalue weighted by Crippen LogP contribution is 2.41. The van der Waals surface area contributed by atoms with Crippen LogP contribution in [0.2, 0.25) is 4.34 Å². The number of thiophene rings is 1. The van der Waals surface area contributed by atoms with Crippen LogP contribution in [-0.4, -0.2) is 0 Å². The number of halogens is 2. The predicted molar refractivity (Wildman–Crippen MR) is 87.9 cm³/mol. The molecule has 2 aromatic rings. The first-order chi connectivity index (χ1) is 8.63. The van der Waals surface area contributed by atoms with E-state index >= 15 is 0 Å². The fourth-order valence-corrected chi connectivity index (χ4v) is 4.46. The Hall–Kier alpha value is -0.260. The van der Waals surface area contributed by atoms with Gasteiger partial charge in [-0.2, -0.15) is 0 Å². The minimum atomic E-state index is 0.419. The zero-order chi connectivity index (χ0) is 12.7. The molecule has 1 aliphatic carbocycles. The summed E-state index contributed by atoms with van der Waals surface area (Å²) in [7, 11) is 0. The van der Waals surface area contributed by atoms with Gasteiger partial charge in [0.05, 0.1) is 10.4 Å². The van der Waals surface area contributed by atoms with Gasteiger partial charge in [-0.15, -0.1) is 11.3 Å². The lowest BCUT2D eigenvalue weighted by Gasteiger charge is -2.16. The maximum absolute atomic E-state index is 6.09. The van der Waals surface area contributed by atoms with Crippen molar-refractivity contribution in [3.05, 3.63) is 48.2 Å². The van der Waals surface area contributed by atoms with Crippen molar-refractivity contribution in [2.45, 2.75) is 25.8 Å². The van der Waals surface area contributed by atoms with Crippen LogP contribution in [0.4, 0.5) is 5.69 Å². The molecule has 4 heteroatoms. The molecule has 1 heterocycles. The molecule has 1 aromatic carbocycles. The van der Waals surface area contributed by atoms with Gasteiger partial charge < -0.3 is 5.32 Å². The third-order valence-electron chi connectivity index (χ3n) is 3.37. The van der Waals surface area contributed by atoms with Crippen LogP contribution in [0.3, 0.4) is 0 Å². The number of nitrogens with one attached hydrogen (secondary N) is 1. The summed E-state index contributed by atoms with van der Waals surface area (Å²) in [5.74, 6) is 0. The fraction of sp³-hybridized carbons (Fsp3) is 0.286. The zero-order valence-corrected chi connectivity index (χ0v) is 13.7. The minimum absolute atomic E-state index is 0.419. The molecule has 0 bridgehead atoms. The summed E-state index contributed by atoms with van der Waals surface area (Å²) in [6.07, 6.45) is 2.32. The maximum Gasteiger partial charge on any atom is 0.0934 e. The van der Waals surface area contributed by atoms with Crippen LogP contribution in [0.5, 0.6) is 0 Å². The highest BCUT2D eigenvalue weighted by molar-refractivity contribution is 14.1. The highest BCUT2D eigenvalue weighted by atomic mass is 127. The predicted octanol–water partition coefficient (Wildman–Crippen LogP) is 5.41. The Labute approximate surface area is 130 Å². The molecule has 94 valence electrons. The van der Waals surface area contributed by atoms with E-state index in [9.17, 15) is 0 Å². The normalized spacial score (nSPS) is 17.8. The molecule has 0 saturated heterocycles. The topological polar surface area (TPSA) is 12.0 Å². The average molecular weight is 390 g/mol. The molecule has 1 nitrogen and oxygen atoms in total. The summed E-state index contributed by atoms with van der Waals surface area (Å²) in [6.45, 7) is 2.15. The van der Waals surface area contributed by atoms with Crippen LogP contribution >= 0.6 is 45.5 Å². The van der Waals surface area contributed by atoms with E-state index < -0.39 is 0 Å². The number of hydrogen-bond donors (Lipinski definition) is 1. The molecular weight excluding hydrogens is 377 g/mol. The number of fused-ring (bicyclic) bond motifs is 1. The van der Waals surface area contributed by atoms with Crippen LogP contribution < -0.4 is 5.32 Å². The molecule has 0 fully saturated rings. The van der Waals surface area contributed by atoms with E-state index in [2.05, 4.69) is 59.1 Å². The van der Waals surface area contributed by atoms with Gasteiger partial charge in [0.1, 0.15) is 0 Å². The molecule has 0 spiro atoms. The van der Waals surface area contributed by atoms with Gasteiger partial charge in [0.25, 0.3) is 0 Å². The lowest BCUT2D eigenvalue weighted by molar-refractivity contribution is 0.761. The van der Waals surface area contributed by atoms with Crippen LogP contribution in [0.25, 0.3) is 0 Å². The van der Waals surface area contributed by atoms with Gasteiger partial charge in [0, 0.05) is 14.1 Å². The van der Waals surface area contributed by atoms with Gasteiger partial charge in [0.15, 0.2) is 0 Å². The third-order valence-corrected chi connectivity index (χ3v) is 5.38. The monoisotopic (exact) mass is 389 g/mol. The second kappa shape index (κ2) is 5.02. The maximum atomic E-state index is 6.09. The van der Waals surface area contributed by atoms with Gasteiger partial charge in [-0.25, -0.2) is 0 Å². The molecular formula is C14H13ClINS. The second-order valence-corrected chi connectivity index (χ2v) is 7.64. The number of hydrogen-bond acceptors (Lipinski definition) is 2. The molecule has 0 saturated carbocycles. The van der Waals surface area contributed by atoms with Gasteiger partial charge in [-0.05, 0) is 77.7 Å². The first kappa shape index (κ1) is 12.8. The summed E-state index contributed by atoms with van der Waals surface area (Å²) in [5.41, 5.74) is 3.93. The van der Waals surface area contributed by atoms with Crippen LogP contribution in [0.1, 0.15) is 28.5 Å². The molecule has 1 aromatic heterocycles. The van der Waals surface area contributed by atoms with Crippen LogP contribution in [0, 0.1) is 10.5 Å². The largest absolute Gasteiger partial charge is 0.378 e. The summed E-state index contributed by atoms with van der Waals surface area (Å²) in [4.78, 5) is 1.45. The van der Waals surface area contributed by atoms with Crippen molar-refractivity contribution in [1.82, 2.24) is 0 Å². The molecule has 3 rings (SSSR count). The summed E-state index contributed by atoms with van der Waals surface area (Å²) in [6, 6.07) is 9.06. The van der Waals surface area contributed by atoms with Crippen LogP contribution in [0.15, 0.2) is 24.3 Å². The Morgan fingerprint density at radius 3 is 3.00 bits per heavy atom. The Morgan fingerprint density at radius 2 is 2.22 bits per heavy atom. The Kier molecular flexibility index (Phi) is 3.56. The SMILES string of the molecule is Cc1cc(I)ccc1NC1CCc2sc(Cl)cc21. The lowest BCUT2D eigenvalue weighted by Crippen LogP contribution is -2.07. The van der Waals surface area contributed by atoms with Crippen molar-refractivity contribution in [1.29, 1.82) is 0 Å². The molecule has 1 unspecified atom stereocenters. The van der Waals surface area contributed by atoms with E-state index in [0.717, 1.165) is 10.8 Å². The Balaban J connectivity index is 1.85. The van der Waals surface area contributed by atoms with Crippen molar-refractivity contribution >= 4 is 51.2 Å².